The van der Waals surface area contributed by atoms with Crippen LogP contribution in [0.25, 0.3) is 11.3 Å². The van der Waals surface area contributed by atoms with E-state index in [4.69, 9.17) is 26.4 Å². The first kappa shape index (κ1) is 20.4. The van der Waals surface area contributed by atoms with Crippen LogP contribution in [-0.4, -0.2) is 45.8 Å². The van der Waals surface area contributed by atoms with Crippen molar-refractivity contribution in [1.29, 1.82) is 0 Å². The van der Waals surface area contributed by atoms with Crippen LogP contribution in [-0.2, 0) is 23.2 Å². The van der Waals surface area contributed by atoms with E-state index in [9.17, 15) is 4.79 Å². The standard InChI is InChI=1S/C23H28ClN5O2/c1-22(2,3)31-21(30)28-8-9-29-14(13-28)10-18(27-29)15-11-19-16(12-17(15)24)23(6-5-7-23)20(25-4)26-19/h10-12H,5-9,13H2,1-4H3,(H,25,26). The lowest BCUT2D eigenvalue weighted by atomic mass is 9.64. The SMILES string of the molecule is CNC1=Nc2cc(-c3cc4n(n3)CCN(C(=O)OC(C)(C)C)C4)c(Cl)cc2C12CCC2. The highest BCUT2D eigenvalue weighted by Crippen LogP contribution is 2.53. The van der Waals surface area contributed by atoms with Gasteiger partial charge in [0.2, 0.25) is 0 Å². The maximum Gasteiger partial charge on any atom is 0.410 e. The zero-order valence-corrected chi connectivity index (χ0v) is 19.2. The molecule has 5 rings (SSSR count). The van der Waals surface area contributed by atoms with Crippen molar-refractivity contribution in [3.8, 4) is 11.3 Å². The molecule has 1 N–H and O–H groups in total. The number of nitrogens with one attached hydrogen (secondary N) is 1. The van der Waals surface area contributed by atoms with E-state index in [-0.39, 0.29) is 11.5 Å². The Bertz CT molecular complexity index is 1090. The van der Waals surface area contributed by atoms with Gasteiger partial charge in [-0.3, -0.25) is 4.68 Å². The maximum atomic E-state index is 12.5. The smallest absolute Gasteiger partial charge is 0.410 e. The molecule has 1 aromatic carbocycles. The van der Waals surface area contributed by atoms with Crippen LogP contribution in [0.5, 0.6) is 0 Å². The first-order chi connectivity index (χ1) is 14.7. The number of amides is 1. The highest BCUT2D eigenvalue weighted by molar-refractivity contribution is 6.33. The third-order valence-electron chi connectivity index (χ3n) is 6.46. The van der Waals surface area contributed by atoms with Crippen LogP contribution in [0.3, 0.4) is 0 Å². The van der Waals surface area contributed by atoms with E-state index in [1.807, 2.05) is 38.6 Å². The lowest BCUT2D eigenvalue weighted by molar-refractivity contribution is 0.0194. The minimum Gasteiger partial charge on any atom is -0.444 e. The second kappa shape index (κ2) is 6.99. The molecule has 1 aliphatic carbocycles. The van der Waals surface area contributed by atoms with Gasteiger partial charge in [0.25, 0.3) is 0 Å². The Kier molecular flexibility index (Phi) is 4.59. The quantitative estimate of drug-likeness (QED) is 0.699. The number of hydrogen-bond donors (Lipinski definition) is 1. The van der Waals surface area contributed by atoms with E-state index in [1.165, 1.54) is 12.0 Å². The van der Waals surface area contributed by atoms with Gasteiger partial charge in [-0.2, -0.15) is 5.10 Å². The molecule has 0 saturated heterocycles. The molecule has 0 radical (unpaired) electrons. The molecule has 1 spiro atoms. The molecule has 0 unspecified atom stereocenters. The summed E-state index contributed by atoms with van der Waals surface area (Å²) in [6, 6.07) is 6.15. The van der Waals surface area contributed by atoms with Gasteiger partial charge in [-0.05, 0) is 57.4 Å². The van der Waals surface area contributed by atoms with E-state index in [1.54, 1.807) is 4.90 Å². The van der Waals surface area contributed by atoms with Crippen molar-refractivity contribution in [1.82, 2.24) is 20.0 Å². The molecular weight excluding hydrogens is 414 g/mol. The normalized spacial score (nSPS) is 18.9. The molecule has 1 aromatic heterocycles. The van der Waals surface area contributed by atoms with Crippen LogP contribution >= 0.6 is 11.6 Å². The van der Waals surface area contributed by atoms with Gasteiger partial charge < -0.3 is 15.0 Å². The lowest BCUT2D eigenvalue weighted by Crippen LogP contribution is -2.45. The molecule has 164 valence electrons. The molecule has 2 aliphatic heterocycles. The molecule has 1 saturated carbocycles. The number of carbonyl (C=O) groups is 1. The molecule has 1 amide bonds. The van der Waals surface area contributed by atoms with E-state index in [0.29, 0.717) is 24.7 Å². The third-order valence-corrected chi connectivity index (χ3v) is 6.77. The second-order valence-corrected chi connectivity index (χ2v) is 10.0. The van der Waals surface area contributed by atoms with Crippen molar-refractivity contribution >= 4 is 29.2 Å². The molecule has 1 fully saturated rings. The van der Waals surface area contributed by atoms with Crippen molar-refractivity contribution in [2.24, 2.45) is 4.99 Å². The lowest BCUT2D eigenvalue weighted by Gasteiger charge is -2.40. The first-order valence-corrected chi connectivity index (χ1v) is 11.2. The Hall–Kier alpha value is -2.54. The van der Waals surface area contributed by atoms with Gasteiger partial charge in [0.15, 0.2) is 0 Å². The van der Waals surface area contributed by atoms with Crippen LogP contribution in [0.2, 0.25) is 5.02 Å². The first-order valence-electron chi connectivity index (χ1n) is 10.9. The number of rotatable bonds is 1. The number of carbonyl (C=O) groups excluding carboxylic acids is 1. The number of aromatic nitrogens is 2. The Morgan fingerprint density at radius 2 is 2.00 bits per heavy atom. The predicted molar refractivity (Wildman–Crippen MR) is 121 cm³/mol. The zero-order valence-electron chi connectivity index (χ0n) is 18.5. The van der Waals surface area contributed by atoms with Crippen LogP contribution in [0.4, 0.5) is 10.5 Å². The molecule has 0 bridgehead atoms. The number of likely N-dealkylation sites (N-methyl/N-ethyl adjacent to an activating group) is 1. The Labute approximate surface area is 187 Å². The number of nitrogens with zero attached hydrogens (tertiary/aromatic N) is 4. The maximum absolute atomic E-state index is 12.5. The summed E-state index contributed by atoms with van der Waals surface area (Å²) in [7, 11) is 1.94. The second-order valence-electron chi connectivity index (χ2n) is 9.64. The van der Waals surface area contributed by atoms with Crippen molar-refractivity contribution in [3.63, 3.8) is 0 Å². The zero-order chi connectivity index (χ0) is 22.0. The van der Waals surface area contributed by atoms with Gasteiger partial charge in [-0.1, -0.05) is 18.0 Å². The number of aliphatic imine (C=N–C) groups is 1. The van der Waals surface area contributed by atoms with Crippen molar-refractivity contribution in [3.05, 3.63) is 34.5 Å². The van der Waals surface area contributed by atoms with Gasteiger partial charge >= 0.3 is 6.09 Å². The van der Waals surface area contributed by atoms with Gasteiger partial charge in [0.1, 0.15) is 11.4 Å². The summed E-state index contributed by atoms with van der Waals surface area (Å²) in [5.74, 6) is 1.04. The molecule has 3 heterocycles. The van der Waals surface area contributed by atoms with Gasteiger partial charge in [-0.15, -0.1) is 0 Å². The summed E-state index contributed by atoms with van der Waals surface area (Å²) in [5.41, 5.74) is 4.35. The van der Waals surface area contributed by atoms with Crippen molar-refractivity contribution in [2.45, 2.75) is 64.1 Å². The van der Waals surface area contributed by atoms with Gasteiger partial charge in [0, 0.05) is 19.2 Å². The third kappa shape index (κ3) is 3.30. The average molecular weight is 442 g/mol. The van der Waals surface area contributed by atoms with E-state index < -0.39 is 5.60 Å². The fraction of sp³-hybridized carbons (Fsp3) is 0.522. The Morgan fingerprint density at radius 1 is 1.23 bits per heavy atom. The Balaban J connectivity index is 1.44. The van der Waals surface area contributed by atoms with E-state index in [2.05, 4.69) is 17.4 Å². The van der Waals surface area contributed by atoms with Crippen LogP contribution in [0.15, 0.2) is 23.2 Å². The number of amidine groups is 1. The fourth-order valence-corrected chi connectivity index (χ4v) is 5.06. The van der Waals surface area contributed by atoms with Crippen LogP contribution < -0.4 is 5.32 Å². The summed E-state index contributed by atoms with van der Waals surface area (Å²) < 4.78 is 7.48. The average Bonchev–Trinajstić information content (AvgIpc) is 3.23. The number of halogens is 1. The summed E-state index contributed by atoms with van der Waals surface area (Å²) in [6.07, 6.45) is 3.13. The topological polar surface area (TPSA) is 71.8 Å². The van der Waals surface area contributed by atoms with Gasteiger partial charge in [0.05, 0.1) is 40.6 Å². The molecule has 2 aromatic rings. The minimum absolute atomic E-state index is 0.00755. The largest absolute Gasteiger partial charge is 0.444 e. The minimum atomic E-state index is -0.512. The molecule has 8 heteroatoms. The molecule has 31 heavy (non-hydrogen) atoms. The van der Waals surface area contributed by atoms with E-state index in [0.717, 1.165) is 41.3 Å². The fourth-order valence-electron chi connectivity index (χ4n) is 4.80. The highest BCUT2D eigenvalue weighted by Gasteiger charge is 2.48. The summed E-state index contributed by atoms with van der Waals surface area (Å²) >= 11 is 6.75. The molecule has 0 atom stereocenters. The number of ether oxygens (including phenoxy) is 1. The summed E-state index contributed by atoms with van der Waals surface area (Å²) in [6.45, 7) is 7.30. The number of hydrogen-bond acceptors (Lipinski definition) is 5. The Morgan fingerprint density at radius 3 is 2.65 bits per heavy atom. The van der Waals surface area contributed by atoms with Crippen LogP contribution in [0, 0.1) is 0 Å². The predicted octanol–water partition coefficient (Wildman–Crippen LogP) is 4.64. The summed E-state index contributed by atoms with van der Waals surface area (Å²) in [4.78, 5) is 19.1. The van der Waals surface area contributed by atoms with E-state index >= 15 is 0 Å². The van der Waals surface area contributed by atoms with Crippen molar-refractivity contribution in [2.75, 3.05) is 13.6 Å². The molecule has 3 aliphatic rings. The highest BCUT2D eigenvalue weighted by atomic mass is 35.5. The van der Waals surface area contributed by atoms with Gasteiger partial charge in [-0.25, -0.2) is 9.79 Å². The molecular formula is C23H28ClN5O2. The molecule has 7 nitrogen and oxygen atoms in total. The van der Waals surface area contributed by atoms with Crippen molar-refractivity contribution < 1.29 is 9.53 Å². The van der Waals surface area contributed by atoms with Crippen LogP contribution in [0.1, 0.15) is 51.3 Å². The number of benzene rings is 1. The summed E-state index contributed by atoms with van der Waals surface area (Å²) in [5, 5.41) is 8.76. The monoisotopic (exact) mass is 441 g/mol. The number of fused-ring (bicyclic) bond motifs is 3.